The highest BCUT2D eigenvalue weighted by molar-refractivity contribution is 5.75. The molecule has 39 heavy (non-hydrogen) atoms. The Labute approximate surface area is 225 Å². The van der Waals surface area contributed by atoms with E-state index in [0.717, 1.165) is 6.07 Å². The van der Waals surface area contributed by atoms with E-state index < -0.39 is 35.0 Å². The number of aromatic nitrogens is 2. The number of nitrogens with one attached hydrogen (secondary N) is 1. The fraction of sp³-hybridized carbons (Fsp3) is 0.414. The molecule has 1 unspecified atom stereocenters. The maximum absolute atomic E-state index is 15.1. The van der Waals surface area contributed by atoms with Crippen molar-refractivity contribution in [1.29, 1.82) is 0 Å². The van der Waals surface area contributed by atoms with Crippen molar-refractivity contribution in [2.75, 3.05) is 19.6 Å². The quantitative estimate of drug-likeness (QED) is 0.409. The first kappa shape index (κ1) is 26.9. The second kappa shape index (κ2) is 9.51. The molecule has 2 aliphatic heterocycles. The summed E-state index contributed by atoms with van der Waals surface area (Å²) in [6.45, 7) is 9.90. The van der Waals surface area contributed by atoms with Crippen molar-refractivity contribution in [3.8, 4) is 22.6 Å². The van der Waals surface area contributed by atoms with Gasteiger partial charge in [-0.3, -0.25) is 4.90 Å². The van der Waals surface area contributed by atoms with Crippen LogP contribution in [0.2, 0.25) is 0 Å². The molecule has 5 rings (SSSR count). The molecule has 1 aromatic heterocycles. The van der Waals surface area contributed by atoms with Crippen molar-refractivity contribution in [3.05, 3.63) is 71.8 Å². The van der Waals surface area contributed by atoms with Crippen LogP contribution in [0.3, 0.4) is 0 Å². The van der Waals surface area contributed by atoms with E-state index in [4.69, 9.17) is 9.47 Å². The van der Waals surface area contributed by atoms with Crippen LogP contribution in [0.1, 0.15) is 51.9 Å². The van der Waals surface area contributed by atoms with Gasteiger partial charge in [0.1, 0.15) is 40.7 Å². The molecular formula is C29H31F3N4O3. The van der Waals surface area contributed by atoms with E-state index in [-0.39, 0.29) is 33.6 Å². The second-order valence-corrected chi connectivity index (χ2v) is 11.7. The van der Waals surface area contributed by atoms with Crippen LogP contribution in [0, 0.1) is 17.0 Å². The van der Waals surface area contributed by atoms with E-state index in [1.807, 2.05) is 0 Å². The molecule has 1 amide bonds. The molecule has 206 valence electrons. The average molecular weight is 541 g/mol. The molecule has 0 saturated carbocycles. The predicted molar refractivity (Wildman–Crippen MR) is 139 cm³/mol. The van der Waals surface area contributed by atoms with Crippen molar-refractivity contribution in [2.45, 2.75) is 51.9 Å². The number of rotatable bonds is 5. The van der Waals surface area contributed by atoms with Gasteiger partial charge in [0.15, 0.2) is 5.75 Å². The van der Waals surface area contributed by atoms with Crippen LogP contribution < -0.4 is 10.1 Å². The topological polar surface area (TPSA) is 76.6 Å². The molecule has 3 aromatic rings. The molecule has 10 heteroatoms. The van der Waals surface area contributed by atoms with Crippen LogP contribution in [0.25, 0.3) is 11.1 Å². The molecular weight excluding hydrogens is 509 g/mol. The van der Waals surface area contributed by atoms with Gasteiger partial charge >= 0.3 is 6.09 Å². The van der Waals surface area contributed by atoms with Crippen LogP contribution in [-0.2, 0) is 10.4 Å². The highest BCUT2D eigenvalue weighted by Gasteiger charge is 2.60. The lowest BCUT2D eigenvalue weighted by atomic mass is 9.65. The Kier molecular flexibility index (Phi) is 6.57. The van der Waals surface area contributed by atoms with Gasteiger partial charge in [0.2, 0.25) is 0 Å². The SMILES string of the molecule is CC(C)(C)OC(=O)N1CC2(CNC2)C1c1ncncc1Oc1ccc(F)cc1-c1ccc(F)cc1C(C)(C)F. The van der Waals surface area contributed by atoms with Gasteiger partial charge in [0, 0.05) is 30.6 Å². The third-order valence-electron chi connectivity index (χ3n) is 7.00. The normalized spacial score (nSPS) is 18.4. The first-order valence-corrected chi connectivity index (χ1v) is 12.7. The minimum Gasteiger partial charge on any atom is -0.453 e. The minimum absolute atomic E-state index is 0.0528. The van der Waals surface area contributed by atoms with Crippen LogP contribution >= 0.6 is 0 Å². The van der Waals surface area contributed by atoms with Crippen LogP contribution in [0.5, 0.6) is 11.5 Å². The standard InChI is InChI=1S/C29H31F3N4O3/c1-27(2,3)39-26(37)36-15-29(13-34-14-29)25(36)24-23(12-33-16-35-24)38-22-9-7-17(30)10-20(22)19-8-6-18(31)11-21(19)28(4,5)32/h6-12,16,25,34H,13-15H2,1-5H3. The lowest BCUT2D eigenvalue weighted by Gasteiger charge is -2.61. The number of amides is 1. The second-order valence-electron chi connectivity index (χ2n) is 11.7. The Morgan fingerprint density at radius 3 is 2.36 bits per heavy atom. The van der Waals surface area contributed by atoms with Crippen molar-refractivity contribution >= 4 is 6.09 Å². The number of benzene rings is 2. The van der Waals surface area contributed by atoms with Crippen molar-refractivity contribution < 1.29 is 27.4 Å². The van der Waals surface area contributed by atoms with Crippen molar-refractivity contribution in [1.82, 2.24) is 20.2 Å². The lowest BCUT2D eigenvalue weighted by molar-refractivity contribution is -0.110. The number of carbonyl (C=O) groups excluding carboxylic acids is 1. The van der Waals surface area contributed by atoms with Gasteiger partial charge in [0.05, 0.1) is 12.2 Å². The summed E-state index contributed by atoms with van der Waals surface area (Å²) in [5.74, 6) is -0.710. The summed E-state index contributed by atoms with van der Waals surface area (Å²) >= 11 is 0. The zero-order chi connectivity index (χ0) is 28.2. The zero-order valence-corrected chi connectivity index (χ0v) is 22.5. The highest BCUT2D eigenvalue weighted by Crippen LogP contribution is 2.53. The molecule has 1 atom stereocenters. The van der Waals surface area contributed by atoms with E-state index in [2.05, 4.69) is 15.3 Å². The lowest BCUT2D eigenvalue weighted by Crippen LogP contribution is -2.73. The number of carbonyl (C=O) groups is 1. The third kappa shape index (κ3) is 5.17. The first-order chi connectivity index (χ1) is 18.3. The Morgan fingerprint density at radius 1 is 1.03 bits per heavy atom. The first-order valence-electron chi connectivity index (χ1n) is 12.7. The molecule has 2 fully saturated rings. The number of ether oxygens (including phenoxy) is 2. The van der Waals surface area contributed by atoms with Crippen LogP contribution in [-0.4, -0.2) is 46.2 Å². The summed E-state index contributed by atoms with van der Waals surface area (Å²) in [5.41, 5.74) is -1.77. The summed E-state index contributed by atoms with van der Waals surface area (Å²) in [7, 11) is 0. The average Bonchev–Trinajstić information content (AvgIpc) is 2.78. The molecule has 1 N–H and O–H groups in total. The molecule has 2 aliphatic rings. The van der Waals surface area contributed by atoms with Gasteiger partial charge in [-0.25, -0.2) is 27.9 Å². The number of hydrogen-bond acceptors (Lipinski definition) is 6. The van der Waals surface area contributed by atoms with Gasteiger partial charge in [-0.05, 0) is 76.1 Å². The summed E-state index contributed by atoms with van der Waals surface area (Å²) in [4.78, 5) is 23.3. The van der Waals surface area contributed by atoms with Gasteiger partial charge in [-0.15, -0.1) is 0 Å². The van der Waals surface area contributed by atoms with E-state index in [0.29, 0.717) is 25.3 Å². The van der Waals surface area contributed by atoms with Gasteiger partial charge in [-0.2, -0.15) is 0 Å². The Hall–Kier alpha value is -3.66. The number of nitrogens with zero attached hydrogens (tertiary/aromatic N) is 3. The molecule has 1 spiro atoms. The van der Waals surface area contributed by atoms with Gasteiger partial charge < -0.3 is 14.8 Å². The maximum atomic E-state index is 15.1. The fourth-order valence-corrected chi connectivity index (χ4v) is 5.19. The molecule has 7 nitrogen and oxygen atoms in total. The van der Waals surface area contributed by atoms with E-state index in [1.165, 1.54) is 56.7 Å². The third-order valence-corrected chi connectivity index (χ3v) is 7.00. The highest BCUT2D eigenvalue weighted by atomic mass is 19.1. The van der Waals surface area contributed by atoms with Gasteiger partial charge in [0.25, 0.3) is 0 Å². The fourth-order valence-electron chi connectivity index (χ4n) is 5.19. The predicted octanol–water partition coefficient (Wildman–Crippen LogP) is 6.30. The Bertz CT molecular complexity index is 1410. The number of likely N-dealkylation sites (tertiary alicyclic amines) is 1. The minimum atomic E-state index is -1.91. The number of halogens is 3. The number of hydrogen-bond donors (Lipinski definition) is 1. The summed E-state index contributed by atoms with van der Waals surface area (Å²) < 4.78 is 55.6. The molecule has 3 heterocycles. The summed E-state index contributed by atoms with van der Waals surface area (Å²) in [5, 5.41) is 3.27. The molecule has 0 aliphatic carbocycles. The number of alkyl halides is 1. The molecule has 2 saturated heterocycles. The monoisotopic (exact) mass is 540 g/mol. The summed E-state index contributed by atoms with van der Waals surface area (Å²) in [6.07, 6.45) is 2.40. The van der Waals surface area contributed by atoms with Crippen LogP contribution in [0.15, 0.2) is 48.9 Å². The van der Waals surface area contributed by atoms with E-state index in [1.54, 1.807) is 25.7 Å². The van der Waals surface area contributed by atoms with E-state index >= 15 is 4.39 Å². The zero-order valence-electron chi connectivity index (χ0n) is 22.5. The molecule has 2 aromatic carbocycles. The Balaban J connectivity index is 1.56. The van der Waals surface area contributed by atoms with E-state index in [9.17, 15) is 13.6 Å². The van der Waals surface area contributed by atoms with Crippen LogP contribution in [0.4, 0.5) is 18.0 Å². The Morgan fingerprint density at radius 2 is 1.72 bits per heavy atom. The molecule has 0 radical (unpaired) electrons. The van der Waals surface area contributed by atoms with Crippen molar-refractivity contribution in [3.63, 3.8) is 0 Å². The largest absolute Gasteiger partial charge is 0.453 e. The smallest absolute Gasteiger partial charge is 0.410 e. The maximum Gasteiger partial charge on any atom is 0.410 e. The van der Waals surface area contributed by atoms with Crippen molar-refractivity contribution in [2.24, 2.45) is 5.41 Å². The summed E-state index contributed by atoms with van der Waals surface area (Å²) in [6, 6.07) is 7.11. The molecule has 0 bridgehead atoms. The van der Waals surface area contributed by atoms with Gasteiger partial charge in [-0.1, -0.05) is 6.07 Å².